The second kappa shape index (κ2) is 6.06. The Balaban J connectivity index is 3.10. The number of benzene rings is 1. The summed E-state index contributed by atoms with van der Waals surface area (Å²) in [5.41, 5.74) is 5.62. The Morgan fingerprint density at radius 2 is 2.11 bits per heavy atom. The van der Waals surface area contributed by atoms with Crippen LogP contribution in [-0.4, -0.2) is 18.7 Å². The monoisotopic (exact) mass is 326 g/mol. The fourth-order valence-electron chi connectivity index (χ4n) is 1.38. The van der Waals surface area contributed by atoms with Crippen LogP contribution in [-0.2, 0) is 10.0 Å². The minimum Gasteiger partial charge on any atom is -0.392 e. The minimum absolute atomic E-state index is 0.0804. The van der Waals surface area contributed by atoms with Gasteiger partial charge >= 0.3 is 0 Å². The van der Waals surface area contributed by atoms with Crippen molar-refractivity contribution in [2.75, 3.05) is 4.72 Å². The summed E-state index contributed by atoms with van der Waals surface area (Å²) in [5, 5.41) is -0.539. The molecule has 0 aliphatic carbocycles. The summed E-state index contributed by atoms with van der Waals surface area (Å²) in [6, 6.07) is 4.67. The van der Waals surface area contributed by atoms with Crippen molar-refractivity contribution in [1.82, 2.24) is 0 Å². The third kappa shape index (κ3) is 3.47. The lowest BCUT2D eigenvalue weighted by molar-refractivity contribution is 0.594. The molecule has 8 heteroatoms. The second-order valence-corrected chi connectivity index (χ2v) is 6.67. The summed E-state index contributed by atoms with van der Waals surface area (Å²) < 4.78 is 26.5. The molecule has 100 valence electrons. The average molecular weight is 327 g/mol. The molecule has 0 amide bonds. The third-order valence-electron chi connectivity index (χ3n) is 2.27. The molecule has 0 bridgehead atoms. The molecule has 3 N–H and O–H groups in total. The summed E-state index contributed by atoms with van der Waals surface area (Å²) in [6.45, 7) is 1.68. The number of halogens is 2. The van der Waals surface area contributed by atoms with Gasteiger partial charge in [-0.2, -0.15) is 0 Å². The van der Waals surface area contributed by atoms with Gasteiger partial charge in [0, 0.05) is 0 Å². The highest BCUT2D eigenvalue weighted by molar-refractivity contribution is 7.95. The first-order valence-corrected chi connectivity index (χ1v) is 7.75. The first-order valence-electron chi connectivity index (χ1n) is 5.04. The predicted octanol–water partition coefficient (Wildman–Crippen LogP) is 2.80. The summed E-state index contributed by atoms with van der Waals surface area (Å²) in [5.74, 6) is 0. The van der Waals surface area contributed by atoms with Crippen molar-refractivity contribution in [2.45, 2.75) is 18.6 Å². The van der Waals surface area contributed by atoms with E-state index in [1.165, 1.54) is 6.07 Å². The lowest BCUT2D eigenvalue weighted by Crippen LogP contribution is -2.37. The largest absolute Gasteiger partial charge is 0.392 e. The van der Waals surface area contributed by atoms with E-state index >= 15 is 0 Å². The van der Waals surface area contributed by atoms with Gasteiger partial charge < -0.3 is 5.73 Å². The Morgan fingerprint density at radius 3 is 2.61 bits per heavy atom. The zero-order valence-electron chi connectivity index (χ0n) is 9.48. The first kappa shape index (κ1) is 15.5. The van der Waals surface area contributed by atoms with Gasteiger partial charge in [-0.05, 0) is 18.6 Å². The molecule has 0 heterocycles. The maximum absolute atomic E-state index is 12.1. The zero-order chi connectivity index (χ0) is 13.9. The molecule has 0 radical (unpaired) electrons. The molecule has 1 unspecified atom stereocenters. The highest BCUT2D eigenvalue weighted by Gasteiger charge is 2.27. The van der Waals surface area contributed by atoms with Gasteiger partial charge in [-0.25, -0.2) is 8.42 Å². The Kier molecular flexibility index (Phi) is 5.21. The quantitative estimate of drug-likeness (QED) is 0.816. The van der Waals surface area contributed by atoms with E-state index in [9.17, 15) is 8.42 Å². The van der Waals surface area contributed by atoms with Crippen LogP contribution in [0, 0.1) is 0 Å². The van der Waals surface area contributed by atoms with Crippen molar-refractivity contribution in [3.05, 3.63) is 28.2 Å². The smallest absolute Gasteiger partial charge is 0.242 e. The van der Waals surface area contributed by atoms with E-state index in [1.807, 2.05) is 0 Å². The van der Waals surface area contributed by atoms with Crippen LogP contribution in [0.25, 0.3) is 0 Å². The number of nitrogens with two attached hydrogens (primary N) is 1. The molecule has 0 aromatic heterocycles. The van der Waals surface area contributed by atoms with Crippen LogP contribution >= 0.6 is 35.4 Å². The standard InChI is InChI=1S/C10H12Cl2N2O2S2/c1-2-8(10(13)17)18(15,16)14-7-5-3-4-6(11)9(7)12/h3-5,8,14H,2H2,1H3,(H2,13,17). The number of hydrogen-bond donors (Lipinski definition) is 2. The molecule has 0 aliphatic heterocycles. The molecule has 18 heavy (non-hydrogen) atoms. The van der Waals surface area contributed by atoms with Gasteiger partial charge in [0.1, 0.15) is 5.25 Å². The van der Waals surface area contributed by atoms with Crippen molar-refractivity contribution >= 4 is 56.1 Å². The summed E-state index contributed by atoms with van der Waals surface area (Å²) in [7, 11) is -3.72. The Hall–Kier alpha value is -0.560. The van der Waals surface area contributed by atoms with Crippen molar-refractivity contribution in [1.29, 1.82) is 0 Å². The zero-order valence-corrected chi connectivity index (χ0v) is 12.6. The van der Waals surface area contributed by atoms with Crippen molar-refractivity contribution < 1.29 is 8.42 Å². The van der Waals surface area contributed by atoms with Crippen LogP contribution in [0.5, 0.6) is 0 Å². The highest BCUT2D eigenvalue weighted by atomic mass is 35.5. The summed E-state index contributed by atoms with van der Waals surface area (Å²) in [4.78, 5) is -0.0804. The van der Waals surface area contributed by atoms with Crippen LogP contribution in [0.1, 0.15) is 13.3 Å². The van der Waals surface area contributed by atoms with E-state index in [0.29, 0.717) is 0 Å². The lowest BCUT2D eigenvalue weighted by atomic mass is 10.3. The fourth-order valence-corrected chi connectivity index (χ4v) is 3.69. The molecule has 0 fully saturated rings. The predicted molar refractivity (Wildman–Crippen MR) is 79.9 cm³/mol. The Labute approximate surface area is 122 Å². The molecule has 0 aliphatic rings. The second-order valence-electron chi connectivity index (χ2n) is 3.55. The molecule has 1 rings (SSSR count). The third-order valence-corrected chi connectivity index (χ3v) is 5.36. The number of anilines is 1. The van der Waals surface area contributed by atoms with Gasteiger partial charge in [0.25, 0.3) is 0 Å². The number of sulfonamides is 1. The average Bonchev–Trinajstić information content (AvgIpc) is 2.24. The normalized spacial score (nSPS) is 13.1. The maximum atomic E-state index is 12.1. The molecular formula is C10H12Cl2N2O2S2. The van der Waals surface area contributed by atoms with Crippen LogP contribution in [0.15, 0.2) is 18.2 Å². The van der Waals surface area contributed by atoms with Crippen molar-refractivity contribution in [2.24, 2.45) is 5.73 Å². The van der Waals surface area contributed by atoms with Gasteiger partial charge in [-0.1, -0.05) is 48.4 Å². The molecule has 1 atom stereocenters. The number of nitrogens with one attached hydrogen (secondary N) is 1. The lowest BCUT2D eigenvalue weighted by Gasteiger charge is -2.16. The number of thiocarbonyl (C=S) groups is 1. The van der Waals surface area contributed by atoms with E-state index in [4.69, 9.17) is 41.2 Å². The highest BCUT2D eigenvalue weighted by Crippen LogP contribution is 2.30. The van der Waals surface area contributed by atoms with Crippen LogP contribution in [0.4, 0.5) is 5.69 Å². The molecule has 0 saturated carbocycles. The summed E-state index contributed by atoms with van der Waals surface area (Å²) >= 11 is 16.4. The molecule has 0 saturated heterocycles. The number of hydrogen-bond acceptors (Lipinski definition) is 3. The minimum atomic E-state index is -3.72. The van der Waals surface area contributed by atoms with Gasteiger partial charge in [0.05, 0.1) is 20.7 Å². The molecule has 1 aromatic rings. The SMILES string of the molecule is CCC(C(N)=S)S(=O)(=O)Nc1cccc(Cl)c1Cl. The molecule has 4 nitrogen and oxygen atoms in total. The van der Waals surface area contributed by atoms with E-state index in [-0.39, 0.29) is 27.1 Å². The van der Waals surface area contributed by atoms with E-state index < -0.39 is 15.3 Å². The van der Waals surface area contributed by atoms with Gasteiger partial charge in [-0.15, -0.1) is 0 Å². The van der Waals surface area contributed by atoms with Crippen LogP contribution in [0.2, 0.25) is 10.0 Å². The Morgan fingerprint density at radius 1 is 1.50 bits per heavy atom. The first-order chi connectivity index (χ1) is 8.29. The van der Waals surface area contributed by atoms with E-state index in [2.05, 4.69) is 4.72 Å². The maximum Gasteiger partial charge on any atom is 0.242 e. The van der Waals surface area contributed by atoms with Crippen LogP contribution in [0.3, 0.4) is 0 Å². The summed E-state index contributed by atoms with van der Waals surface area (Å²) in [6.07, 6.45) is 0.281. The Bertz CT molecular complexity index is 561. The molecule has 0 spiro atoms. The molecule has 1 aromatic carbocycles. The van der Waals surface area contributed by atoms with E-state index in [1.54, 1.807) is 19.1 Å². The number of rotatable bonds is 5. The topological polar surface area (TPSA) is 72.2 Å². The van der Waals surface area contributed by atoms with Gasteiger partial charge in [0.15, 0.2) is 0 Å². The van der Waals surface area contributed by atoms with Crippen molar-refractivity contribution in [3.8, 4) is 0 Å². The molecular weight excluding hydrogens is 315 g/mol. The van der Waals surface area contributed by atoms with Gasteiger partial charge in [0.2, 0.25) is 10.0 Å². The fraction of sp³-hybridized carbons (Fsp3) is 0.300. The van der Waals surface area contributed by atoms with Crippen LogP contribution < -0.4 is 10.5 Å². The van der Waals surface area contributed by atoms with Gasteiger partial charge in [-0.3, -0.25) is 4.72 Å². The van der Waals surface area contributed by atoms with Crippen molar-refractivity contribution in [3.63, 3.8) is 0 Å². The van der Waals surface area contributed by atoms with E-state index in [0.717, 1.165) is 0 Å².